The fourth-order valence-corrected chi connectivity index (χ4v) is 3.76. The zero-order chi connectivity index (χ0) is 23.5. The Kier molecular flexibility index (Phi) is 6.84. The number of aliphatic hydroxyl groups excluding tert-OH is 1. The Hall–Kier alpha value is -2.12. The molecule has 31 heavy (non-hydrogen) atoms. The van der Waals surface area contributed by atoms with E-state index in [0.717, 1.165) is 19.5 Å². The number of hydrogen-bond acceptors (Lipinski definition) is 2. The molecule has 3 nitrogen and oxygen atoms in total. The summed E-state index contributed by atoms with van der Waals surface area (Å²) in [5, 5.41) is 9.87. The molecule has 174 valence electrons. The molecule has 0 fully saturated rings. The fourth-order valence-electron chi connectivity index (χ4n) is 3.76. The van der Waals surface area contributed by atoms with E-state index in [4.69, 9.17) is 0 Å². The normalized spacial score (nSPS) is 17.2. The third kappa shape index (κ3) is 9.27. The fraction of sp³-hybridized carbons (Fsp3) is 0.381. The first kappa shape index (κ1) is 25.1. The second-order valence-corrected chi connectivity index (χ2v) is 9.70. The van der Waals surface area contributed by atoms with Crippen LogP contribution in [-0.4, -0.2) is 41.8 Å². The van der Waals surface area contributed by atoms with Crippen LogP contribution in [0.25, 0.3) is 0 Å². The van der Waals surface area contributed by atoms with Crippen molar-refractivity contribution < 1.29 is 34.9 Å². The molecule has 10 heteroatoms. The van der Waals surface area contributed by atoms with Crippen molar-refractivity contribution in [1.29, 1.82) is 0 Å². The third-order valence-corrected chi connectivity index (χ3v) is 4.80. The minimum absolute atomic E-state index is 0.128. The summed E-state index contributed by atoms with van der Waals surface area (Å²) < 4.78 is 61.5. The van der Waals surface area contributed by atoms with Gasteiger partial charge in [-0.25, -0.2) is 4.90 Å². The maximum atomic E-state index is 9.87. The summed E-state index contributed by atoms with van der Waals surface area (Å²) in [6.07, 6.45) is 3.06. The number of halogens is 6. The molecule has 0 saturated heterocycles. The van der Waals surface area contributed by atoms with Gasteiger partial charge in [-0.3, -0.25) is 4.58 Å². The molecule has 0 spiro atoms. The molecular weight excluding hydrogens is 441 g/mol. The Balaban J connectivity index is 0.000000423. The second-order valence-electron chi connectivity index (χ2n) is 7.78. The summed E-state index contributed by atoms with van der Waals surface area (Å²) in [5.74, 6) is 0. The van der Waals surface area contributed by atoms with E-state index in [9.17, 15) is 30.3 Å². The van der Waals surface area contributed by atoms with E-state index in [1.165, 1.54) is 27.9 Å². The number of rotatable bonds is 5. The molecule has 0 saturated carbocycles. The molecule has 0 aliphatic carbocycles. The number of benzene rings is 2. The molecular formula is C21H27F6N2OP. The van der Waals surface area contributed by atoms with E-state index in [1.807, 2.05) is 6.07 Å². The average molecular weight is 468 g/mol. The van der Waals surface area contributed by atoms with E-state index in [2.05, 4.69) is 73.0 Å². The van der Waals surface area contributed by atoms with E-state index >= 15 is 0 Å². The topological polar surface area (TPSA) is 26.5 Å². The number of aliphatic hydroxyl groups is 1. The minimum atomic E-state index is -10.7. The van der Waals surface area contributed by atoms with Crippen LogP contribution in [0.3, 0.4) is 0 Å². The molecule has 0 unspecified atom stereocenters. The number of anilines is 1. The van der Waals surface area contributed by atoms with Crippen LogP contribution in [0.1, 0.15) is 22.3 Å². The van der Waals surface area contributed by atoms with E-state index in [0.29, 0.717) is 0 Å². The Morgan fingerprint density at radius 1 is 0.968 bits per heavy atom. The molecule has 1 atom stereocenters. The van der Waals surface area contributed by atoms with Gasteiger partial charge in [-0.15, -0.1) is 0 Å². The van der Waals surface area contributed by atoms with Gasteiger partial charge in [0.25, 0.3) is 0 Å². The molecule has 2 aromatic rings. The molecule has 0 amide bonds. The van der Waals surface area contributed by atoms with Crippen LogP contribution in [0, 0.1) is 20.8 Å². The zero-order valence-corrected chi connectivity index (χ0v) is 18.5. The summed E-state index contributed by atoms with van der Waals surface area (Å²) in [6.45, 7) is 8.59. The quantitative estimate of drug-likeness (QED) is 0.310. The summed E-state index contributed by atoms with van der Waals surface area (Å²) in [6, 6.07) is 15.0. The molecule has 3 rings (SSSR count). The number of nitrogens with zero attached hydrogens (tertiary/aromatic N) is 2. The molecule has 1 N–H and O–H groups in total. The standard InChI is InChI=1S/C21H27N2O.F6P/c1-16-11-17(2)21(18(3)12-16)23-10-9-22(15-23)20(14-24)13-19-7-5-4-6-8-19;1-7(2,3,4,5)6/h4-8,11-12,15,20,24H,9-10,13-14H2,1-3H3;/q+1;-1/t20-;/m0./s1. The van der Waals surface area contributed by atoms with Crippen molar-refractivity contribution >= 4 is 19.8 Å². The van der Waals surface area contributed by atoms with Crippen LogP contribution in [0.4, 0.5) is 30.9 Å². The summed E-state index contributed by atoms with van der Waals surface area (Å²) in [5.41, 5.74) is 6.51. The van der Waals surface area contributed by atoms with Gasteiger partial charge in [0.1, 0.15) is 24.8 Å². The Morgan fingerprint density at radius 2 is 1.48 bits per heavy atom. The monoisotopic (exact) mass is 468 g/mol. The molecule has 0 aromatic heterocycles. The van der Waals surface area contributed by atoms with Crippen molar-refractivity contribution in [2.45, 2.75) is 33.2 Å². The van der Waals surface area contributed by atoms with Gasteiger partial charge in [-0.2, -0.15) is 0 Å². The molecule has 0 radical (unpaired) electrons. The molecule has 0 bridgehead atoms. The summed E-state index contributed by atoms with van der Waals surface area (Å²) in [7, 11) is -10.7. The first-order valence-electron chi connectivity index (χ1n) is 9.70. The number of hydrogen-bond donors (Lipinski definition) is 1. The Morgan fingerprint density at radius 3 is 1.97 bits per heavy atom. The first-order chi connectivity index (χ1) is 14.0. The Bertz CT molecular complexity index is 911. The zero-order valence-electron chi connectivity index (χ0n) is 17.6. The van der Waals surface area contributed by atoms with Crippen molar-refractivity contribution in [3.05, 3.63) is 64.7 Å². The van der Waals surface area contributed by atoms with Gasteiger partial charge in [0, 0.05) is 6.42 Å². The van der Waals surface area contributed by atoms with Crippen LogP contribution in [-0.2, 0) is 6.42 Å². The summed E-state index contributed by atoms with van der Waals surface area (Å²) >= 11 is 0. The van der Waals surface area contributed by atoms with Crippen LogP contribution < -0.4 is 4.90 Å². The van der Waals surface area contributed by atoms with Gasteiger partial charge in [-0.1, -0.05) is 48.0 Å². The molecule has 1 aliphatic heterocycles. The van der Waals surface area contributed by atoms with Crippen molar-refractivity contribution in [3.63, 3.8) is 0 Å². The predicted octanol–water partition coefficient (Wildman–Crippen LogP) is 6.46. The van der Waals surface area contributed by atoms with Crippen molar-refractivity contribution in [2.24, 2.45) is 0 Å². The molecule has 1 aliphatic rings. The Labute approximate surface area is 177 Å². The van der Waals surface area contributed by atoms with Crippen molar-refractivity contribution in [3.8, 4) is 0 Å². The van der Waals surface area contributed by atoms with Gasteiger partial charge in [-0.05, 0) is 37.5 Å². The molecule has 1 heterocycles. The predicted molar refractivity (Wildman–Crippen MR) is 114 cm³/mol. The maximum absolute atomic E-state index is 10.7. The van der Waals surface area contributed by atoms with Gasteiger partial charge < -0.3 is 5.11 Å². The third-order valence-electron chi connectivity index (χ3n) is 4.80. The number of aryl methyl sites for hydroxylation is 3. The second kappa shape index (κ2) is 8.43. The van der Waals surface area contributed by atoms with E-state index in [-0.39, 0.29) is 12.6 Å². The van der Waals surface area contributed by atoms with E-state index < -0.39 is 7.81 Å². The van der Waals surface area contributed by atoms with Gasteiger partial charge in [0.2, 0.25) is 6.34 Å². The first-order valence-corrected chi connectivity index (χ1v) is 11.7. The van der Waals surface area contributed by atoms with Crippen LogP contribution >= 0.6 is 7.81 Å². The van der Waals surface area contributed by atoms with Crippen molar-refractivity contribution in [2.75, 3.05) is 24.6 Å². The van der Waals surface area contributed by atoms with Gasteiger partial charge in [0.15, 0.2) is 0 Å². The van der Waals surface area contributed by atoms with Crippen LogP contribution in [0.2, 0.25) is 0 Å². The molecule has 2 aromatic carbocycles. The SMILES string of the molecule is Cc1cc(C)c(N2C=[N+]([C@H](CO)Cc3ccccc3)CC2)c(C)c1.F[P-](F)(F)(F)(F)F. The van der Waals surface area contributed by atoms with Crippen LogP contribution in [0.15, 0.2) is 42.5 Å². The summed E-state index contributed by atoms with van der Waals surface area (Å²) in [4.78, 5) is 2.33. The van der Waals surface area contributed by atoms with Crippen LogP contribution in [0.5, 0.6) is 0 Å². The van der Waals surface area contributed by atoms with E-state index in [1.54, 1.807) is 0 Å². The van der Waals surface area contributed by atoms with Crippen molar-refractivity contribution in [1.82, 2.24) is 0 Å². The van der Waals surface area contributed by atoms with Gasteiger partial charge >= 0.3 is 33.0 Å². The van der Waals surface area contributed by atoms with Gasteiger partial charge in [0.05, 0.1) is 6.61 Å². The average Bonchev–Trinajstić information content (AvgIpc) is 3.06.